The number of fused-ring (bicyclic) bond motifs is 2. The lowest BCUT2D eigenvalue weighted by atomic mass is 9.90. The average Bonchev–Trinajstić information content (AvgIpc) is 3.48. The van der Waals surface area contributed by atoms with Gasteiger partial charge in [0.2, 0.25) is 0 Å². The summed E-state index contributed by atoms with van der Waals surface area (Å²) >= 11 is 5.28. The van der Waals surface area contributed by atoms with Crippen LogP contribution >= 0.6 is 12.2 Å². The second-order valence-electron chi connectivity index (χ2n) is 8.76. The van der Waals surface area contributed by atoms with E-state index in [2.05, 4.69) is 20.6 Å². The number of halogens is 6. The normalized spacial score (nSPS) is 12.4. The van der Waals surface area contributed by atoms with E-state index in [9.17, 15) is 26.3 Å². The lowest BCUT2D eigenvalue weighted by molar-refractivity contribution is -0.143. The minimum atomic E-state index is -4.96. The summed E-state index contributed by atoms with van der Waals surface area (Å²) in [4.78, 5) is 6.49. The molecule has 0 amide bonds. The molecule has 0 aliphatic heterocycles. The lowest BCUT2D eigenvalue weighted by Gasteiger charge is -2.20. The Labute approximate surface area is 218 Å². The van der Waals surface area contributed by atoms with Gasteiger partial charge in [-0.15, -0.1) is 0 Å². The van der Waals surface area contributed by atoms with Gasteiger partial charge in [-0.25, -0.2) is 0 Å². The number of H-pyrrole nitrogens is 2. The van der Waals surface area contributed by atoms with Gasteiger partial charge in [-0.05, 0) is 53.7 Å². The van der Waals surface area contributed by atoms with Crippen LogP contribution in [-0.2, 0) is 12.4 Å². The van der Waals surface area contributed by atoms with Crippen LogP contribution < -0.4 is 10.6 Å². The van der Waals surface area contributed by atoms with E-state index in [-0.39, 0.29) is 23.6 Å². The fourth-order valence-electron chi connectivity index (χ4n) is 4.55. The summed E-state index contributed by atoms with van der Waals surface area (Å²) in [5.41, 5.74) is 0.507. The molecule has 38 heavy (non-hydrogen) atoms. The molecule has 11 heteroatoms. The highest BCUT2D eigenvalue weighted by atomic mass is 32.1. The van der Waals surface area contributed by atoms with Crippen LogP contribution in [0, 0.1) is 0 Å². The van der Waals surface area contributed by atoms with Crippen molar-refractivity contribution in [2.45, 2.75) is 18.3 Å². The number of alkyl halides is 6. The zero-order valence-electron chi connectivity index (χ0n) is 19.5. The Morgan fingerprint density at radius 2 is 1.21 bits per heavy atom. The number of anilines is 1. The van der Waals surface area contributed by atoms with Crippen LogP contribution in [0.2, 0.25) is 0 Å². The predicted molar refractivity (Wildman–Crippen MR) is 139 cm³/mol. The van der Waals surface area contributed by atoms with E-state index in [1.54, 1.807) is 0 Å². The van der Waals surface area contributed by atoms with E-state index in [1.807, 2.05) is 60.9 Å². The molecule has 0 bridgehead atoms. The molecule has 5 aromatic rings. The first-order chi connectivity index (χ1) is 18.0. The second kappa shape index (κ2) is 9.71. The maximum absolute atomic E-state index is 13.2. The summed E-state index contributed by atoms with van der Waals surface area (Å²) in [5, 5.41) is 7.33. The summed E-state index contributed by atoms with van der Waals surface area (Å²) in [6.45, 7) is 0.223. The SMILES string of the molecule is FC(F)(F)c1cc(NC(=S)NCC(c2c[nH]c3ccccc23)c2c[nH]c3ccccc23)cc(C(F)(F)F)c1. The number of hydrogen-bond donors (Lipinski definition) is 4. The highest BCUT2D eigenvalue weighted by Crippen LogP contribution is 2.38. The maximum Gasteiger partial charge on any atom is 0.416 e. The Hall–Kier alpha value is -3.99. The van der Waals surface area contributed by atoms with Crippen LogP contribution in [0.1, 0.15) is 28.2 Å². The molecule has 2 heterocycles. The average molecular weight is 547 g/mol. The van der Waals surface area contributed by atoms with Gasteiger partial charge in [-0.3, -0.25) is 0 Å². The van der Waals surface area contributed by atoms with Crippen molar-refractivity contribution in [3.8, 4) is 0 Å². The van der Waals surface area contributed by atoms with E-state index in [0.29, 0.717) is 12.1 Å². The van der Waals surface area contributed by atoms with Crippen LogP contribution in [0.3, 0.4) is 0 Å². The number of rotatable bonds is 5. The Bertz CT molecular complexity index is 1510. The number of thiocarbonyl (C=S) groups is 1. The first-order valence-electron chi connectivity index (χ1n) is 11.5. The molecule has 0 fully saturated rings. The molecule has 0 saturated heterocycles. The fourth-order valence-corrected chi connectivity index (χ4v) is 4.75. The molecule has 0 spiro atoms. The predicted octanol–water partition coefficient (Wildman–Crippen LogP) is 7.81. The molecule has 4 nitrogen and oxygen atoms in total. The van der Waals surface area contributed by atoms with Crippen molar-refractivity contribution in [2.24, 2.45) is 0 Å². The summed E-state index contributed by atoms with van der Waals surface area (Å²) in [5.74, 6) is -0.255. The molecule has 0 unspecified atom stereocenters. The van der Waals surface area contributed by atoms with Crippen LogP contribution in [-0.4, -0.2) is 21.6 Å². The van der Waals surface area contributed by atoms with Gasteiger partial charge < -0.3 is 20.6 Å². The van der Waals surface area contributed by atoms with E-state index < -0.39 is 29.2 Å². The van der Waals surface area contributed by atoms with Crippen LogP contribution in [0.15, 0.2) is 79.1 Å². The Morgan fingerprint density at radius 3 is 1.68 bits per heavy atom. The lowest BCUT2D eigenvalue weighted by Crippen LogP contribution is -2.32. The minimum Gasteiger partial charge on any atom is -0.361 e. The topological polar surface area (TPSA) is 55.6 Å². The molecule has 196 valence electrons. The molecule has 2 aromatic heterocycles. The van der Waals surface area contributed by atoms with E-state index >= 15 is 0 Å². The third-order valence-electron chi connectivity index (χ3n) is 6.31. The quantitative estimate of drug-likeness (QED) is 0.134. The minimum absolute atomic E-state index is 0.0751. The van der Waals surface area contributed by atoms with Crippen molar-refractivity contribution in [2.75, 3.05) is 11.9 Å². The molecular formula is C27H20F6N4S. The van der Waals surface area contributed by atoms with Crippen LogP contribution in [0.25, 0.3) is 21.8 Å². The molecule has 3 aromatic carbocycles. The molecule has 0 radical (unpaired) electrons. The summed E-state index contributed by atoms with van der Waals surface area (Å²) in [7, 11) is 0. The Balaban J connectivity index is 1.44. The molecule has 0 atom stereocenters. The standard InChI is InChI=1S/C27H20F6N4S/c28-26(29,30)15-9-16(27(31,32)33)11-17(10-15)37-25(38)36-14-22(20-12-34-23-7-3-1-5-18(20)23)21-13-35-24-8-4-2-6-19(21)24/h1-13,22,34-35H,14H2,(H2,36,37,38). The van der Waals surface area contributed by atoms with Crippen molar-refractivity contribution < 1.29 is 26.3 Å². The molecule has 0 saturated carbocycles. The van der Waals surface area contributed by atoms with Gasteiger partial charge >= 0.3 is 12.4 Å². The van der Waals surface area contributed by atoms with Crippen LogP contribution in [0.5, 0.6) is 0 Å². The van der Waals surface area contributed by atoms with Crippen molar-refractivity contribution in [1.82, 2.24) is 15.3 Å². The number of benzene rings is 3. The van der Waals surface area contributed by atoms with Gasteiger partial charge in [0.1, 0.15) is 0 Å². The van der Waals surface area contributed by atoms with E-state index in [0.717, 1.165) is 32.9 Å². The molecule has 0 aliphatic rings. The fraction of sp³-hybridized carbons (Fsp3) is 0.148. The summed E-state index contributed by atoms with van der Waals surface area (Å²) < 4.78 is 79.5. The monoisotopic (exact) mass is 546 g/mol. The first kappa shape index (κ1) is 25.7. The third kappa shape index (κ3) is 5.19. The number of hydrogen-bond acceptors (Lipinski definition) is 1. The number of aromatic nitrogens is 2. The van der Waals surface area contributed by atoms with Crippen molar-refractivity contribution in [3.63, 3.8) is 0 Å². The second-order valence-corrected chi connectivity index (χ2v) is 9.17. The van der Waals surface area contributed by atoms with Gasteiger partial charge in [-0.1, -0.05) is 36.4 Å². The van der Waals surface area contributed by atoms with E-state index in [4.69, 9.17) is 12.2 Å². The highest BCUT2D eigenvalue weighted by molar-refractivity contribution is 7.80. The van der Waals surface area contributed by atoms with Gasteiger partial charge in [0.05, 0.1) is 11.1 Å². The molecule has 4 N–H and O–H groups in total. The van der Waals surface area contributed by atoms with Crippen LogP contribution in [0.4, 0.5) is 32.0 Å². The van der Waals surface area contributed by atoms with E-state index in [1.165, 1.54) is 0 Å². The molecule has 0 aliphatic carbocycles. The smallest absolute Gasteiger partial charge is 0.361 e. The number of aromatic amines is 2. The molecule has 5 rings (SSSR count). The van der Waals surface area contributed by atoms with Crippen molar-refractivity contribution in [3.05, 3.63) is 101 Å². The van der Waals surface area contributed by atoms with Crippen molar-refractivity contribution >= 4 is 44.8 Å². The number of para-hydroxylation sites is 2. The summed E-state index contributed by atoms with van der Waals surface area (Å²) in [6.07, 6.45) is -6.14. The zero-order chi connectivity index (χ0) is 27.1. The third-order valence-corrected chi connectivity index (χ3v) is 6.55. The molecular weight excluding hydrogens is 526 g/mol. The Kier molecular flexibility index (Phi) is 6.56. The van der Waals surface area contributed by atoms with Gasteiger partial charge in [0.15, 0.2) is 5.11 Å². The zero-order valence-corrected chi connectivity index (χ0v) is 20.3. The van der Waals surface area contributed by atoms with Crippen molar-refractivity contribution in [1.29, 1.82) is 0 Å². The highest BCUT2D eigenvalue weighted by Gasteiger charge is 2.37. The van der Waals surface area contributed by atoms with Gasteiger partial charge in [-0.2, -0.15) is 26.3 Å². The maximum atomic E-state index is 13.2. The first-order valence-corrected chi connectivity index (χ1v) is 11.9. The summed E-state index contributed by atoms with van der Waals surface area (Å²) in [6, 6.07) is 16.7. The largest absolute Gasteiger partial charge is 0.416 e. The number of nitrogens with one attached hydrogen (secondary N) is 4. The van der Waals surface area contributed by atoms with Gasteiger partial charge in [0.25, 0.3) is 0 Å². The Morgan fingerprint density at radius 1 is 0.737 bits per heavy atom. The van der Waals surface area contributed by atoms with Gasteiger partial charge in [0, 0.05) is 52.3 Å².